The molecule has 9 atom stereocenters. The zero-order valence-electron chi connectivity index (χ0n) is 21.9. The molecule has 0 radical (unpaired) electrons. The van der Waals surface area contributed by atoms with Crippen LogP contribution in [0.5, 0.6) is 0 Å². The Bertz CT molecular complexity index is 1030. The van der Waals surface area contributed by atoms with E-state index < -0.39 is 75.0 Å². The lowest BCUT2D eigenvalue weighted by molar-refractivity contribution is -0.248. The molecule has 4 aliphatic carbocycles. The van der Waals surface area contributed by atoms with E-state index in [0.29, 0.717) is 24.8 Å². The van der Waals surface area contributed by atoms with Crippen molar-refractivity contribution in [2.24, 2.45) is 28.6 Å². The fourth-order valence-electron chi connectivity index (χ4n) is 7.99. The summed E-state index contributed by atoms with van der Waals surface area (Å²) in [5.41, 5.74) is -6.43. The standard InChI is InChI=1S/C27H35F3O6S/c1-6-34-14-35-27(23(33)37-13-28)15(2)9-18-19-11-21(29)20-10-17(32)7-8-24(20,4)26(19,30)22(36-16(3)31)12-25(18,27)5/h7-8,10,15,18-19,21-22H,6,9,11-14H2,1-5H3/t15-,18?,19?,21+,22+,24+,25+,26+,27+/m1/s1. The van der Waals surface area contributed by atoms with Crippen molar-refractivity contribution in [3.05, 3.63) is 23.8 Å². The number of ether oxygens (including phenoxy) is 3. The van der Waals surface area contributed by atoms with Crippen LogP contribution in [0.15, 0.2) is 23.8 Å². The number of hydrogen-bond donors (Lipinski definition) is 0. The van der Waals surface area contributed by atoms with Gasteiger partial charge in [0.2, 0.25) is 5.12 Å². The number of allylic oxidation sites excluding steroid dienone is 4. The van der Waals surface area contributed by atoms with Gasteiger partial charge < -0.3 is 14.2 Å². The molecule has 0 bridgehead atoms. The zero-order chi connectivity index (χ0) is 27.4. The molecule has 4 aliphatic rings. The predicted molar refractivity (Wildman–Crippen MR) is 132 cm³/mol. The molecule has 0 saturated heterocycles. The number of alkyl halides is 3. The number of ketones is 1. The molecule has 10 heteroatoms. The number of esters is 1. The van der Waals surface area contributed by atoms with Crippen LogP contribution in [0.3, 0.4) is 0 Å². The van der Waals surface area contributed by atoms with Crippen LogP contribution >= 0.6 is 11.8 Å². The molecule has 0 aromatic heterocycles. The van der Waals surface area contributed by atoms with Gasteiger partial charge >= 0.3 is 5.97 Å². The van der Waals surface area contributed by atoms with E-state index in [9.17, 15) is 18.8 Å². The monoisotopic (exact) mass is 544 g/mol. The molecule has 2 unspecified atom stereocenters. The molecular formula is C27H35F3O6S. The van der Waals surface area contributed by atoms with Gasteiger partial charge in [-0.05, 0) is 62.7 Å². The molecule has 3 fully saturated rings. The third kappa shape index (κ3) is 3.87. The summed E-state index contributed by atoms with van der Waals surface area (Å²) < 4.78 is 64.3. The minimum absolute atomic E-state index is 0.0356. The van der Waals surface area contributed by atoms with Gasteiger partial charge in [0.25, 0.3) is 0 Å². The van der Waals surface area contributed by atoms with E-state index >= 15 is 8.78 Å². The summed E-state index contributed by atoms with van der Waals surface area (Å²) in [4.78, 5) is 38.0. The Labute approximate surface area is 219 Å². The van der Waals surface area contributed by atoms with Crippen LogP contribution in [-0.2, 0) is 28.6 Å². The minimum Gasteiger partial charge on any atom is -0.459 e. The third-order valence-corrected chi connectivity index (χ3v) is 10.2. The first-order valence-electron chi connectivity index (χ1n) is 12.7. The summed E-state index contributed by atoms with van der Waals surface area (Å²) in [5.74, 6) is -3.12. The van der Waals surface area contributed by atoms with E-state index in [1.807, 2.05) is 0 Å². The van der Waals surface area contributed by atoms with Gasteiger partial charge in [0.15, 0.2) is 11.5 Å². The highest BCUT2D eigenvalue weighted by atomic mass is 32.2. The maximum absolute atomic E-state index is 17.8. The fourth-order valence-corrected chi connectivity index (χ4v) is 8.80. The zero-order valence-corrected chi connectivity index (χ0v) is 22.7. The highest BCUT2D eigenvalue weighted by molar-refractivity contribution is 8.13. The first-order valence-corrected chi connectivity index (χ1v) is 13.7. The largest absolute Gasteiger partial charge is 0.459 e. The Balaban J connectivity index is 1.90. The quantitative estimate of drug-likeness (QED) is 0.252. The molecule has 4 rings (SSSR count). The van der Waals surface area contributed by atoms with Crippen LogP contribution in [0, 0.1) is 28.6 Å². The molecule has 6 nitrogen and oxygen atoms in total. The summed E-state index contributed by atoms with van der Waals surface area (Å²) in [6.45, 7) is 8.16. The van der Waals surface area contributed by atoms with Gasteiger partial charge in [0.05, 0.1) is 0 Å². The van der Waals surface area contributed by atoms with Crippen molar-refractivity contribution >= 4 is 28.6 Å². The molecule has 0 aromatic carbocycles. The maximum Gasteiger partial charge on any atom is 0.303 e. The predicted octanol–water partition coefficient (Wildman–Crippen LogP) is 5.06. The molecule has 3 saturated carbocycles. The van der Waals surface area contributed by atoms with Gasteiger partial charge in [0.1, 0.15) is 30.7 Å². The molecule has 206 valence electrons. The number of carbonyl (C=O) groups is 3. The highest BCUT2D eigenvalue weighted by Gasteiger charge is 2.78. The Hall–Kier alpha value is -1.65. The van der Waals surface area contributed by atoms with Crippen LogP contribution in [-0.4, -0.2) is 59.8 Å². The minimum atomic E-state index is -2.25. The van der Waals surface area contributed by atoms with E-state index in [1.165, 1.54) is 19.1 Å². The van der Waals surface area contributed by atoms with Crippen LogP contribution in [0.4, 0.5) is 13.2 Å². The van der Waals surface area contributed by atoms with Crippen molar-refractivity contribution in [2.45, 2.75) is 77.4 Å². The second kappa shape index (κ2) is 9.83. The van der Waals surface area contributed by atoms with Gasteiger partial charge in [-0.1, -0.05) is 31.7 Å². The highest BCUT2D eigenvalue weighted by Crippen LogP contribution is 2.72. The van der Waals surface area contributed by atoms with E-state index in [0.717, 1.165) is 6.08 Å². The van der Waals surface area contributed by atoms with E-state index in [2.05, 4.69) is 0 Å². The fraction of sp³-hybridized carbons (Fsp3) is 0.741. The van der Waals surface area contributed by atoms with Crippen molar-refractivity contribution in [3.63, 3.8) is 0 Å². The summed E-state index contributed by atoms with van der Waals surface area (Å²) in [6.07, 6.45) is 0.800. The number of carbonyl (C=O) groups excluding carboxylic acids is 3. The van der Waals surface area contributed by atoms with E-state index in [4.69, 9.17) is 14.2 Å². The molecular weight excluding hydrogens is 509 g/mol. The lowest BCUT2D eigenvalue weighted by Crippen LogP contribution is -2.71. The maximum atomic E-state index is 17.8. The number of halogens is 3. The Morgan fingerprint density at radius 2 is 1.92 bits per heavy atom. The van der Waals surface area contributed by atoms with Crippen LogP contribution < -0.4 is 0 Å². The van der Waals surface area contributed by atoms with Gasteiger partial charge in [0, 0.05) is 30.3 Å². The Morgan fingerprint density at radius 1 is 1.22 bits per heavy atom. The number of fused-ring (bicyclic) bond motifs is 5. The average molecular weight is 545 g/mol. The van der Waals surface area contributed by atoms with Gasteiger partial charge in [-0.2, -0.15) is 0 Å². The van der Waals surface area contributed by atoms with E-state index in [-0.39, 0.29) is 25.2 Å². The molecule has 0 N–H and O–H groups in total. The molecule has 0 aromatic rings. The van der Waals surface area contributed by atoms with Gasteiger partial charge in [-0.25, -0.2) is 13.2 Å². The Kier molecular flexibility index (Phi) is 7.53. The first-order chi connectivity index (χ1) is 17.3. The Morgan fingerprint density at radius 3 is 2.54 bits per heavy atom. The number of hydrogen-bond acceptors (Lipinski definition) is 7. The SMILES string of the molecule is CCOCO[C@]1(C(=O)SCF)[C@H](C)CC2C3C[C@H](F)C4=CC(=O)C=C[C@]4(C)[C@@]3(F)[C@@H](OC(C)=O)C[C@@]21C. The molecule has 0 heterocycles. The second-order valence-corrected chi connectivity index (χ2v) is 12.0. The van der Waals surface area contributed by atoms with Crippen molar-refractivity contribution in [1.82, 2.24) is 0 Å². The van der Waals surface area contributed by atoms with Crippen LogP contribution in [0.2, 0.25) is 0 Å². The van der Waals surface area contributed by atoms with Crippen molar-refractivity contribution in [2.75, 3.05) is 19.4 Å². The average Bonchev–Trinajstić information content (AvgIpc) is 3.04. The van der Waals surface area contributed by atoms with Crippen molar-refractivity contribution in [3.8, 4) is 0 Å². The normalized spacial score (nSPS) is 44.5. The third-order valence-electron chi connectivity index (χ3n) is 9.52. The number of thioether (sulfide) groups is 1. The molecule has 0 aliphatic heterocycles. The van der Waals surface area contributed by atoms with Crippen LogP contribution in [0.25, 0.3) is 0 Å². The van der Waals surface area contributed by atoms with Crippen molar-refractivity contribution in [1.29, 1.82) is 0 Å². The second-order valence-electron chi connectivity index (χ2n) is 11.1. The summed E-state index contributed by atoms with van der Waals surface area (Å²) in [5, 5.41) is -0.539. The first kappa shape index (κ1) is 28.4. The smallest absolute Gasteiger partial charge is 0.303 e. The summed E-state index contributed by atoms with van der Waals surface area (Å²) >= 11 is 0.486. The molecule has 0 spiro atoms. The summed E-state index contributed by atoms with van der Waals surface area (Å²) in [6, 6.07) is -0.965. The van der Waals surface area contributed by atoms with Crippen LogP contribution in [0.1, 0.15) is 53.9 Å². The lowest BCUT2D eigenvalue weighted by atomic mass is 9.44. The van der Waals surface area contributed by atoms with Crippen molar-refractivity contribution < 1.29 is 41.8 Å². The summed E-state index contributed by atoms with van der Waals surface area (Å²) in [7, 11) is 0. The lowest BCUT2D eigenvalue weighted by Gasteiger charge is -2.63. The molecule has 37 heavy (non-hydrogen) atoms. The molecule has 0 amide bonds. The van der Waals surface area contributed by atoms with Gasteiger partial charge in [-0.3, -0.25) is 14.4 Å². The number of rotatable bonds is 7. The van der Waals surface area contributed by atoms with Gasteiger partial charge in [-0.15, -0.1) is 0 Å². The van der Waals surface area contributed by atoms with E-state index in [1.54, 1.807) is 27.7 Å². The topological polar surface area (TPSA) is 78.9 Å².